The Morgan fingerprint density at radius 3 is 2.27 bits per heavy atom. The lowest BCUT2D eigenvalue weighted by Crippen LogP contribution is -2.60. The summed E-state index contributed by atoms with van der Waals surface area (Å²) in [6.07, 6.45) is 3.08. The molecule has 4 rings (SSSR count). The summed E-state index contributed by atoms with van der Waals surface area (Å²) < 4.78 is 11.4. The number of carbonyl (C=O) groups excluding carboxylic acids is 5. The number of amides is 4. The highest BCUT2D eigenvalue weighted by atomic mass is 16.6. The van der Waals surface area contributed by atoms with Crippen LogP contribution in [0.4, 0.5) is 10.6 Å². The Hall–Kier alpha value is -5.25. The molecule has 0 radical (unpaired) electrons. The van der Waals surface area contributed by atoms with Gasteiger partial charge in [-0.05, 0) is 83.1 Å². The van der Waals surface area contributed by atoms with Crippen molar-refractivity contribution in [3.05, 3.63) is 42.0 Å². The highest BCUT2D eigenvalue weighted by molar-refractivity contribution is 5.92. The van der Waals surface area contributed by atoms with Crippen LogP contribution in [0.25, 0.3) is 17.0 Å². The first kappa shape index (κ1) is 43.5. The Kier molecular flexibility index (Phi) is 14.1. The van der Waals surface area contributed by atoms with Crippen LogP contribution >= 0.6 is 0 Å². The standard InChI is InChI=1S/C40H57N7O9/c1-24(2)32(33(48)41-26(5)35(50)47-20-10-11-29(43-47)36(51)52)55-37(53)40(18-21-46(22-19-40)34(49)25(3)4)17-16-27-12-13-28-14-15-31(42-30(28)23-27)45(9)44-38(54)56-39(6,7)8/h12-17,23-26,29,32,43H,10-11,18-22H2,1-9H3,(H,41,48)(H,44,54)(H,51,52)/b17-16+/t26-,29-,32-/m0/s1. The van der Waals surface area contributed by atoms with Gasteiger partial charge in [0, 0.05) is 38.0 Å². The third-order valence-electron chi connectivity index (χ3n) is 9.74. The number of benzene rings is 1. The molecule has 2 aliphatic rings. The molecule has 4 N–H and O–H groups in total. The summed E-state index contributed by atoms with van der Waals surface area (Å²) in [4.78, 5) is 84.2. The number of rotatable bonds is 12. The van der Waals surface area contributed by atoms with Gasteiger partial charge in [0.15, 0.2) is 6.10 Å². The van der Waals surface area contributed by atoms with Crippen LogP contribution in [0.3, 0.4) is 0 Å². The van der Waals surface area contributed by atoms with Gasteiger partial charge in [0.1, 0.15) is 23.5 Å². The first-order chi connectivity index (χ1) is 26.2. The fraction of sp³-hybridized carbons (Fsp3) is 0.575. The number of carboxylic acids is 1. The number of hydrogen-bond donors (Lipinski definition) is 4. The van der Waals surface area contributed by atoms with Crippen LogP contribution in [0.1, 0.15) is 86.6 Å². The summed E-state index contributed by atoms with van der Waals surface area (Å²) in [5, 5.41) is 15.6. The van der Waals surface area contributed by atoms with Crippen molar-refractivity contribution in [1.82, 2.24) is 31.1 Å². The molecule has 56 heavy (non-hydrogen) atoms. The summed E-state index contributed by atoms with van der Waals surface area (Å²) in [5.74, 6) is -3.09. The number of carboxylic acid groups (broad SMARTS) is 1. The molecule has 4 amide bonds. The number of hydrazine groups is 2. The van der Waals surface area contributed by atoms with E-state index in [1.54, 1.807) is 64.8 Å². The number of pyridine rings is 1. The third-order valence-corrected chi connectivity index (χ3v) is 9.74. The van der Waals surface area contributed by atoms with Gasteiger partial charge < -0.3 is 24.8 Å². The van der Waals surface area contributed by atoms with Gasteiger partial charge >= 0.3 is 18.0 Å². The SMILES string of the molecule is CC(C)C(=O)N1CCC(/C=C/c2ccc3ccc(N(C)NC(=O)OC(C)(C)C)nc3c2)(C(=O)O[C@H](C(=O)N[C@@H](C)C(=O)N2CCC[C@@H](C(=O)O)N2)C(C)C)CC1. The number of hydrogen-bond acceptors (Lipinski definition) is 11. The van der Waals surface area contributed by atoms with E-state index < -0.39 is 65.0 Å². The van der Waals surface area contributed by atoms with E-state index in [0.29, 0.717) is 37.3 Å². The summed E-state index contributed by atoms with van der Waals surface area (Å²) in [5.41, 5.74) is 4.86. The molecule has 0 saturated carbocycles. The fourth-order valence-electron chi connectivity index (χ4n) is 6.53. The second-order valence-corrected chi connectivity index (χ2v) is 16.2. The van der Waals surface area contributed by atoms with Crippen LogP contribution in [-0.2, 0) is 33.4 Å². The Morgan fingerprint density at radius 2 is 1.66 bits per heavy atom. The molecule has 16 heteroatoms. The maximum absolute atomic E-state index is 14.3. The van der Waals surface area contributed by atoms with E-state index in [9.17, 15) is 33.9 Å². The predicted octanol–water partition coefficient (Wildman–Crippen LogP) is 4.04. The zero-order valence-electron chi connectivity index (χ0n) is 33.9. The van der Waals surface area contributed by atoms with Crippen molar-refractivity contribution in [3.8, 4) is 0 Å². The largest absolute Gasteiger partial charge is 0.480 e. The van der Waals surface area contributed by atoms with Gasteiger partial charge in [-0.1, -0.05) is 52.0 Å². The quantitative estimate of drug-likeness (QED) is 0.178. The van der Waals surface area contributed by atoms with Gasteiger partial charge in [-0.15, -0.1) is 0 Å². The highest BCUT2D eigenvalue weighted by Crippen LogP contribution is 2.37. The molecule has 2 aliphatic heterocycles. The Balaban J connectivity index is 1.55. The Labute approximate surface area is 328 Å². The van der Waals surface area contributed by atoms with Crippen molar-refractivity contribution in [1.29, 1.82) is 0 Å². The monoisotopic (exact) mass is 779 g/mol. The molecule has 0 spiro atoms. The molecule has 0 unspecified atom stereocenters. The molecule has 3 heterocycles. The van der Waals surface area contributed by atoms with Crippen molar-refractivity contribution in [2.75, 3.05) is 31.7 Å². The molecule has 3 atom stereocenters. The van der Waals surface area contributed by atoms with Crippen LogP contribution < -0.4 is 21.2 Å². The zero-order chi connectivity index (χ0) is 41.5. The number of nitrogens with one attached hydrogen (secondary N) is 3. The van der Waals surface area contributed by atoms with Crippen molar-refractivity contribution < 1.29 is 43.3 Å². The normalized spacial score (nSPS) is 18.4. The number of carbonyl (C=O) groups is 6. The molecule has 0 bridgehead atoms. The molecule has 16 nitrogen and oxygen atoms in total. The second kappa shape index (κ2) is 18.1. The number of aliphatic carboxylic acids is 1. The molecule has 1 aromatic carbocycles. The van der Waals surface area contributed by atoms with E-state index in [2.05, 4.69) is 16.2 Å². The molecule has 2 saturated heterocycles. The average Bonchev–Trinajstić information content (AvgIpc) is 3.14. The third kappa shape index (κ3) is 11.2. The number of aromatic nitrogens is 1. The molecular weight excluding hydrogens is 722 g/mol. The number of nitrogens with zero attached hydrogens (tertiary/aromatic N) is 4. The average molecular weight is 780 g/mol. The van der Waals surface area contributed by atoms with E-state index >= 15 is 0 Å². The van der Waals surface area contributed by atoms with Gasteiger partial charge in [-0.3, -0.25) is 34.0 Å². The second-order valence-electron chi connectivity index (χ2n) is 16.2. The molecule has 1 aromatic heterocycles. The maximum Gasteiger partial charge on any atom is 0.426 e. The molecule has 2 aromatic rings. The Bertz CT molecular complexity index is 1810. The van der Waals surface area contributed by atoms with Crippen LogP contribution in [0.2, 0.25) is 0 Å². The van der Waals surface area contributed by atoms with E-state index in [1.165, 1.54) is 16.9 Å². The molecule has 0 aliphatic carbocycles. The number of ether oxygens (including phenoxy) is 2. The lowest BCUT2D eigenvalue weighted by molar-refractivity contribution is -0.169. The minimum absolute atomic E-state index is 0.0190. The van der Waals surface area contributed by atoms with Crippen molar-refractivity contribution in [2.45, 2.75) is 105 Å². The molecule has 306 valence electrons. The zero-order valence-corrected chi connectivity index (χ0v) is 33.9. The first-order valence-corrected chi connectivity index (χ1v) is 19.1. The minimum atomic E-state index is -1.24. The summed E-state index contributed by atoms with van der Waals surface area (Å²) in [7, 11) is 1.65. The number of esters is 1. The summed E-state index contributed by atoms with van der Waals surface area (Å²) in [6, 6.07) is 7.33. The van der Waals surface area contributed by atoms with E-state index in [0.717, 1.165) is 10.9 Å². The highest BCUT2D eigenvalue weighted by Gasteiger charge is 2.44. The van der Waals surface area contributed by atoms with Crippen molar-refractivity contribution in [3.63, 3.8) is 0 Å². The Morgan fingerprint density at radius 1 is 1.00 bits per heavy atom. The van der Waals surface area contributed by atoms with Crippen molar-refractivity contribution >= 4 is 58.6 Å². The minimum Gasteiger partial charge on any atom is -0.480 e. The maximum atomic E-state index is 14.3. The topological polar surface area (TPSA) is 200 Å². The molecule has 2 fully saturated rings. The van der Waals surface area contributed by atoms with E-state index in [4.69, 9.17) is 14.5 Å². The summed E-state index contributed by atoms with van der Waals surface area (Å²) in [6.45, 7) is 14.8. The van der Waals surface area contributed by atoms with Crippen LogP contribution in [0.15, 0.2) is 36.4 Å². The predicted molar refractivity (Wildman–Crippen MR) is 209 cm³/mol. The number of piperidine rings is 1. The summed E-state index contributed by atoms with van der Waals surface area (Å²) >= 11 is 0. The number of fused-ring (bicyclic) bond motifs is 1. The van der Waals surface area contributed by atoms with Crippen LogP contribution in [0.5, 0.6) is 0 Å². The van der Waals surface area contributed by atoms with Crippen LogP contribution in [-0.4, -0.2) is 106 Å². The smallest absolute Gasteiger partial charge is 0.426 e. The lowest BCUT2D eigenvalue weighted by Gasteiger charge is -2.39. The van der Waals surface area contributed by atoms with Gasteiger partial charge in [-0.2, -0.15) is 0 Å². The van der Waals surface area contributed by atoms with Gasteiger partial charge in [0.2, 0.25) is 5.91 Å². The number of likely N-dealkylation sites (tertiary alicyclic amines) is 1. The fourth-order valence-corrected chi connectivity index (χ4v) is 6.53. The van der Waals surface area contributed by atoms with Crippen LogP contribution in [0, 0.1) is 17.3 Å². The lowest BCUT2D eigenvalue weighted by atomic mass is 9.77. The van der Waals surface area contributed by atoms with Gasteiger partial charge in [0.05, 0.1) is 10.9 Å². The van der Waals surface area contributed by atoms with Crippen molar-refractivity contribution in [2.24, 2.45) is 17.3 Å². The van der Waals surface area contributed by atoms with Gasteiger partial charge in [-0.25, -0.2) is 20.6 Å². The van der Waals surface area contributed by atoms with E-state index in [1.807, 2.05) is 38.1 Å². The first-order valence-electron chi connectivity index (χ1n) is 19.1. The van der Waals surface area contributed by atoms with E-state index in [-0.39, 0.29) is 31.2 Å². The molecular formula is C40H57N7O9. The number of anilines is 1. The van der Waals surface area contributed by atoms with Gasteiger partial charge in [0.25, 0.3) is 11.8 Å².